The molecule has 1 rings (SSSR count). The molecule has 0 amide bonds. The summed E-state index contributed by atoms with van der Waals surface area (Å²) in [6.07, 6.45) is 0. The summed E-state index contributed by atoms with van der Waals surface area (Å²) in [5.41, 5.74) is 1.52. The van der Waals surface area contributed by atoms with Crippen molar-refractivity contribution in [3.63, 3.8) is 0 Å². The van der Waals surface area contributed by atoms with Crippen LogP contribution in [0, 0.1) is 11.3 Å². The SMILES string of the molecule is CN(C)CNc1ccc(Br)cc1C#N. The van der Waals surface area contributed by atoms with Crippen LogP contribution < -0.4 is 5.32 Å². The van der Waals surface area contributed by atoms with E-state index in [0.717, 1.165) is 16.8 Å². The third kappa shape index (κ3) is 3.02. The Labute approximate surface area is 92.5 Å². The first kappa shape index (κ1) is 11.0. The predicted octanol–water partition coefficient (Wildman–Crippen LogP) is 2.25. The number of hydrogen-bond donors (Lipinski definition) is 1. The molecular formula is C10H12BrN3. The molecule has 0 aliphatic carbocycles. The van der Waals surface area contributed by atoms with E-state index in [-0.39, 0.29) is 0 Å². The molecule has 74 valence electrons. The summed E-state index contributed by atoms with van der Waals surface area (Å²) in [5, 5.41) is 12.1. The van der Waals surface area contributed by atoms with Crippen LogP contribution in [-0.2, 0) is 0 Å². The van der Waals surface area contributed by atoms with Crippen LogP contribution in [0.2, 0.25) is 0 Å². The fraction of sp³-hybridized carbons (Fsp3) is 0.300. The van der Waals surface area contributed by atoms with Crippen molar-refractivity contribution in [3.05, 3.63) is 28.2 Å². The lowest BCUT2D eigenvalue weighted by Crippen LogP contribution is -2.20. The minimum absolute atomic E-state index is 0.654. The standard InChI is InChI=1S/C10H12BrN3/c1-14(2)7-13-10-4-3-9(11)5-8(10)6-12/h3-5,13H,7H2,1-2H3. The van der Waals surface area contributed by atoms with Crippen molar-refractivity contribution in [3.8, 4) is 6.07 Å². The molecule has 4 heteroatoms. The smallest absolute Gasteiger partial charge is 0.101 e. The first-order chi connectivity index (χ1) is 6.63. The molecule has 1 aromatic rings. The van der Waals surface area contributed by atoms with Gasteiger partial charge in [-0.25, -0.2) is 0 Å². The Morgan fingerprint density at radius 2 is 2.21 bits per heavy atom. The minimum Gasteiger partial charge on any atom is -0.371 e. The second-order valence-corrected chi connectivity index (χ2v) is 4.13. The van der Waals surface area contributed by atoms with Crippen LogP contribution in [-0.4, -0.2) is 25.7 Å². The van der Waals surface area contributed by atoms with Gasteiger partial charge in [-0.1, -0.05) is 15.9 Å². The average molecular weight is 254 g/mol. The van der Waals surface area contributed by atoms with Gasteiger partial charge in [0.15, 0.2) is 0 Å². The zero-order chi connectivity index (χ0) is 10.6. The highest BCUT2D eigenvalue weighted by Gasteiger charge is 2.01. The molecular weight excluding hydrogens is 242 g/mol. The molecule has 0 atom stereocenters. The van der Waals surface area contributed by atoms with Gasteiger partial charge in [-0.15, -0.1) is 0 Å². The molecule has 0 aliphatic heterocycles. The van der Waals surface area contributed by atoms with E-state index < -0.39 is 0 Å². The summed E-state index contributed by atoms with van der Waals surface area (Å²) in [5.74, 6) is 0. The van der Waals surface area contributed by atoms with Crippen molar-refractivity contribution in [2.45, 2.75) is 0 Å². The van der Waals surface area contributed by atoms with Crippen LogP contribution in [0.5, 0.6) is 0 Å². The highest BCUT2D eigenvalue weighted by atomic mass is 79.9. The number of benzene rings is 1. The molecule has 0 unspecified atom stereocenters. The van der Waals surface area contributed by atoms with Crippen molar-refractivity contribution in [1.29, 1.82) is 5.26 Å². The summed E-state index contributed by atoms with van der Waals surface area (Å²) in [6.45, 7) is 0.719. The Kier molecular flexibility index (Phi) is 3.93. The number of nitrogens with one attached hydrogen (secondary N) is 1. The van der Waals surface area contributed by atoms with Gasteiger partial charge in [0.25, 0.3) is 0 Å². The van der Waals surface area contributed by atoms with Crippen molar-refractivity contribution in [1.82, 2.24) is 4.90 Å². The van der Waals surface area contributed by atoms with E-state index in [1.54, 1.807) is 6.07 Å². The third-order valence-corrected chi connectivity index (χ3v) is 2.18. The Morgan fingerprint density at radius 1 is 1.50 bits per heavy atom. The number of halogens is 1. The Balaban J connectivity index is 2.82. The third-order valence-electron chi connectivity index (χ3n) is 1.69. The summed E-state index contributed by atoms with van der Waals surface area (Å²) in [4.78, 5) is 2.00. The fourth-order valence-electron chi connectivity index (χ4n) is 1.01. The van der Waals surface area contributed by atoms with E-state index in [9.17, 15) is 0 Å². The maximum absolute atomic E-state index is 8.88. The Bertz CT molecular complexity index is 355. The van der Waals surface area contributed by atoms with E-state index >= 15 is 0 Å². The summed E-state index contributed by atoms with van der Waals surface area (Å²) < 4.78 is 0.921. The van der Waals surface area contributed by atoms with Crippen molar-refractivity contribution in [2.75, 3.05) is 26.1 Å². The van der Waals surface area contributed by atoms with Gasteiger partial charge in [-0.2, -0.15) is 5.26 Å². The van der Waals surface area contributed by atoms with E-state index in [4.69, 9.17) is 5.26 Å². The van der Waals surface area contributed by atoms with Gasteiger partial charge >= 0.3 is 0 Å². The summed E-state index contributed by atoms with van der Waals surface area (Å²) >= 11 is 3.33. The molecule has 1 aromatic carbocycles. The molecule has 1 N–H and O–H groups in total. The number of rotatable bonds is 3. The van der Waals surface area contributed by atoms with Crippen LogP contribution in [0.25, 0.3) is 0 Å². The average Bonchev–Trinajstić information content (AvgIpc) is 2.15. The number of nitrogens with zero attached hydrogens (tertiary/aromatic N) is 2. The zero-order valence-electron chi connectivity index (χ0n) is 8.21. The van der Waals surface area contributed by atoms with Gasteiger partial charge in [0, 0.05) is 4.47 Å². The highest BCUT2D eigenvalue weighted by Crippen LogP contribution is 2.19. The molecule has 0 fully saturated rings. The lowest BCUT2D eigenvalue weighted by molar-refractivity contribution is 0.440. The quantitative estimate of drug-likeness (QED) is 0.841. The topological polar surface area (TPSA) is 39.1 Å². The normalized spacial score (nSPS) is 9.93. The highest BCUT2D eigenvalue weighted by molar-refractivity contribution is 9.10. The zero-order valence-corrected chi connectivity index (χ0v) is 9.80. The lowest BCUT2D eigenvalue weighted by Gasteiger charge is -2.13. The number of anilines is 1. The lowest BCUT2D eigenvalue weighted by atomic mass is 10.2. The monoisotopic (exact) mass is 253 g/mol. The van der Waals surface area contributed by atoms with Gasteiger partial charge in [0.05, 0.1) is 17.9 Å². The van der Waals surface area contributed by atoms with Gasteiger partial charge < -0.3 is 5.32 Å². The second kappa shape index (κ2) is 4.99. The molecule has 0 saturated carbocycles. The van der Waals surface area contributed by atoms with Crippen molar-refractivity contribution in [2.24, 2.45) is 0 Å². The van der Waals surface area contributed by atoms with E-state index in [0.29, 0.717) is 5.56 Å². The maximum atomic E-state index is 8.88. The molecule has 14 heavy (non-hydrogen) atoms. The number of hydrogen-bond acceptors (Lipinski definition) is 3. The van der Waals surface area contributed by atoms with E-state index in [1.165, 1.54) is 0 Å². The fourth-order valence-corrected chi connectivity index (χ4v) is 1.37. The summed E-state index contributed by atoms with van der Waals surface area (Å²) in [6, 6.07) is 7.76. The molecule has 0 spiro atoms. The minimum atomic E-state index is 0.654. The van der Waals surface area contributed by atoms with Crippen LogP contribution in [0.1, 0.15) is 5.56 Å². The first-order valence-electron chi connectivity index (χ1n) is 4.21. The number of nitriles is 1. The molecule has 3 nitrogen and oxygen atoms in total. The molecule has 0 radical (unpaired) electrons. The molecule has 0 saturated heterocycles. The Morgan fingerprint density at radius 3 is 2.79 bits per heavy atom. The van der Waals surface area contributed by atoms with Gasteiger partial charge in [-0.05, 0) is 32.3 Å². The van der Waals surface area contributed by atoms with Gasteiger partial charge in [0.1, 0.15) is 6.07 Å². The summed E-state index contributed by atoms with van der Waals surface area (Å²) in [7, 11) is 3.94. The largest absolute Gasteiger partial charge is 0.371 e. The van der Waals surface area contributed by atoms with Gasteiger partial charge in [0.2, 0.25) is 0 Å². The first-order valence-corrected chi connectivity index (χ1v) is 5.01. The van der Waals surface area contributed by atoms with Crippen LogP contribution >= 0.6 is 15.9 Å². The van der Waals surface area contributed by atoms with Crippen LogP contribution in [0.15, 0.2) is 22.7 Å². The molecule has 0 bridgehead atoms. The van der Waals surface area contributed by atoms with Crippen LogP contribution in [0.3, 0.4) is 0 Å². The van der Waals surface area contributed by atoms with Crippen molar-refractivity contribution < 1.29 is 0 Å². The molecule has 0 aliphatic rings. The molecule has 0 heterocycles. The van der Waals surface area contributed by atoms with Crippen molar-refractivity contribution >= 4 is 21.6 Å². The molecule has 0 aromatic heterocycles. The van der Waals surface area contributed by atoms with E-state index in [2.05, 4.69) is 27.3 Å². The van der Waals surface area contributed by atoms with Crippen LogP contribution in [0.4, 0.5) is 5.69 Å². The van der Waals surface area contributed by atoms with Gasteiger partial charge in [-0.3, -0.25) is 4.90 Å². The second-order valence-electron chi connectivity index (χ2n) is 3.22. The predicted molar refractivity (Wildman–Crippen MR) is 61.0 cm³/mol. The maximum Gasteiger partial charge on any atom is 0.101 e. The Hall–Kier alpha value is -1.05. The van der Waals surface area contributed by atoms with E-state index in [1.807, 2.05) is 31.1 Å².